The lowest BCUT2D eigenvalue weighted by Gasteiger charge is -2.11. The molecule has 0 aliphatic carbocycles. The number of aryl methyl sites for hydroxylation is 1. The number of nitrogen functional groups attached to an aromatic ring is 1. The number of aromatic nitrogens is 3. The number of rotatable bonds is 9. The number of anilines is 2. The second kappa shape index (κ2) is 10.5. The molecule has 2 amide bonds. The zero-order valence-corrected chi connectivity index (χ0v) is 19.1. The molecule has 0 saturated heterocycles. The van der Waals surface area contributed by atoms with Crippen molar-refractivity contribution in [1.29, 1.82) is 0 Å². The minimum Gasteiger partial charge on any atom is -0.493 e. The van der Waals surface area contributed by atoms with Crippen molar-refractivity contribution in [2.24, 2.45) is 0 Å². The Hall–Kier alpha value is -4.08. The van der Waals surface area contributed by atoms with Crippen molar-refractivity contribution < 1.29 is 19.1 Å². The summed E-state index contributed by atoms with van der Waals surface area (Å²) >= 11 is 0. The summed E-state index contributed by atoms with van der Waals surface area (Å²) in [5.74, 6) is 0.494. The highest BCUT2D eigenvalue weighted by molar-refractivity contribution is 5.97. The number of ether oxygens (including phenoxy) is 2. The van der Waals surface area contributed by atoms with Crippen LogP contribution in [0.25, 0.3) is 0 Å². The van der Waals surface area contributed by atoms with Crippen LogP contribution in [-0.4, -0.2) is 47.6 Å². The molecule has 4 N–H and O–H groups in total. The summed E-state index contributed by atoms with van der Waals surface area (Å²) < 4.78 is 11.7. The number of hydrogen-bond acceptors (Lipinski definition) is 7. The third kappa shape index (κ3) is 5.59. The molecular formula is C23H28N6O4. The molecular weight excluding hydrogens is 424 g/mol. The van der Waals surface area contributed by atoms with Crippen LogP contribution in [0.3, 0.4) is 0 Å². The van der Waals surface area contributed by atoms with E-state index < -0.39 is 5.91 Å². The smallest absolute Gasteiger partial charge is 0.275 e. The summed E-state index contributed by atoms with van der Waals surface area (Å²) in [6, 6.07) is 11.2. The highest BCUT2D eigenvalue weighted by Crippen LogP contribution is 2.27. The van der Waals surface area contributed by atoms with Gasteiger partial charge in [-0.2, -0.15) is 0 Å². The van der Waals surface area contributed by atoms with Crippen LogP contribution >= 0.6 is 0 Å². The van der Waals surface area contributed by atoms with Crippen LogP contribution in [0.5, 0.6) is 11.5 Å². The number of hydrogen-bond donors (Lipinski definition) is 3. The third-order valence-electron chi connectivity index (χ3n) is 5.31. The van der Waals surface area contributed by atoms with Crippen LogP contribution in [0.15, 0.2) is 36.4 Å². The Balaban J connectivity index is 1.57. The van der Waals surface area contributed by atoms with Crippen molar-refractivity contribution in [3.8, 4) is 11.5 Å². The van der Waals surface area contributed by atoms with E-state index in [0.29, 0.717) is 30.2 Å². The normalized spacial score (nSPS) is 10.5. The average molecular weight is 453 g/mol. The van der Waals surface area contributed by atoms with Gasteiger partial charge in [-0.1, -0.05) is 23.4 Å². The second-order valence-electron chi connectivity index (χ2n) is 7.47. The summed E-state index contributed by atoms with van der Waals surface area (Å²) in [5, 5.41) is 13.3. The van der Waals surface area contributed by atoms with Gasteiger partial charge < -0.3 is 25.8 Å². The molecule has 0 saturated carbocycles. The Labute approximate surface area is 192 Å². The summed E-state index contributed by atoms with van der Waals surface area (Å²) in [5.41, 5.74) is 9.72. The van der Waals surface area contributed by atoms with Crippen LogP contribution in [0, 0.1) is 13.8 Å². The van der Waals surface area contributed by atoms with Crippen LogP contribution in [0.1, 0.15) is 27.2 Å². The van der Waals surface area contributed by atoms with Gasteiger partial charge in [-0.3, -0.25) is 9.59 Å². The molecule has 1 aromatic heterocycles. The van der Waals surface area contributed by atoms with Crippen molar-refractivity contribution in [2.45, 2.75) is 26.8 Å². The lowest BCUT2D eigenvalue weighted by Crippen LogP contribution is -2.27. The fourth-order valence-corrected chi connectivity index (χ4v) is 3.25. The first-order valence-electron chi connectivity index (χ1n) is 10.4. The Kier molecular flexibility index (Phi) is 7.50. The molecule has 0 atom stereocenters. The number of amides is 2. The quantitative estimate of drug-likeness (QED) is 0.453. The van der Waals surface area contributed by atoms with Gasteiger partial charge in [0.25, 0.3) is 5.91 Å². The number of nitrogens with one attached hydrogen (secondary N) is 2. The molecule has 3 aromatic rings. The predicted molar refractivity (Wildman–Crippen MR) is 125 cm³/mol. The van der Waals surface area contributed by atoms with Gasteiger partial charge in [0, 0.05) is 12.2 Å². The summed E-state index contributed by atoms with van der Waals surface area (Å²) in [6.07, 6.45) is 0.568. The van der Waals surface area contributed by atoms with E-state index in [9.17, 15) is 9.59 Å². The van der Waals surface area contributed by atoms with Crippen molar-refractivity contribution in [1.82, 2.24) is 20.3 Å². The summed E-state index contributed by atoms with van der Waals surface area (Å²) in [6.45, 7) is 4.09. The van der Waals surface area contributed by atoms with Gasteiger partial charge in [0.2, 0.25) is 5.91 Å². The lowest BCUT2D eigenvalue weighted by molar-refractivity contribution is -0.116. The van der Waals surface area contributed by atoms with Crippen LogP contribution in [-0.2, 0) is 17.8 Å². The molecule has 10 heteroatoms. The number of carbonyl (C=O) groups is 2. The Morgan fingerprint density at radius 1 is 1.09 bits per heavy atom. The van der Waals surface area contributed by atoms with E-state index in [1.165, 1.54) is 4.68 Å². The average Bonchev–Trinajstić information content (AvgIpc) is 3.16. The van der Waals surface area contributed by atoms with Gasteiger partial charge in [-0.15, -0.1) is 5.10 Å². The van der Waals surface area contributed by atoms with Crippen LogP contribution < -0.4 is 25.8 Å². The molecule has 2 aromatic carbocycles. The second-order valence-corrected chi connectivity index (χ2v) is 7.47. The fraction of sp³-hybridized carbons (Fsp3) is 0.304. The fourth-order valence-electron chi connectivity index (χ4n) is 3.25. The predicted octanol–water partition coefficient (Wildman–Crippen LogP) is 2.11. The van der Waals surface area contributed by atoms with E-state index in [0.717, 1.165) is 16.7 Å². The first-order valence-corrected chi connectivity index (χ1v) is 10.4. The zero-order chi connectivity index (χ0) is 24.0. The number of benzene rings is 2. The monoisotopic (exact) mass is 452 g/mol. The maximum Gasteiger partial charge on any atom is 0.275 e. The van der Waals surface area contributed by atoms with E-state index in [-0.39, 0.29) is 24.0 Å². The Morgan fingerprint density at radius 3 is 2.58 bits per heavy atom. The van der Waals surface area contributed by atoms with Crippen molar-refractivity contribution in [3.63, 3.8) is 0 Å². The van der Waals surface area contributed by atoms with E-state index in [1.54, 1.807) is 14.2 Å². The molecule has 174 valence electrons. The van der Waals surface area contributed by atoms with Gasteiger partial charge in [-0.05, 0) is 55.2 Å². The zero-order valence-electron chi connectivity index (χ0n) is 19.1. The van der Waals surface area contributed by atoms with Gasteiger partial charge in [0.1, 0.15) is 6.54 Å². The first-order chi connectivity index (χ1) is 15.8. The van der Waals surface area contributed by atoms with Gasteiger partial charge in [-0.25, -0.2) is 4.68 Å². The largest absolute Gasteiger partial charge is 0.493 e. The first kappa shape index (κ1) is 23.6. The van der Waals surface area contributed by atoms with Crippen LogP contribution in [0.4, 0.5) is 11.5 Å². The highest BCUT2D eigenvalue weighted by atomic mass is 16.5. The Morgan fingerprint density at radius 2 is 1.85 bits per heavy atom. The molecule has 0 radical (unpaired) electrons. The van der Waals surface area contributed by atoms with E-state index >= 15 is 0 Å². The van der Waals surface area contributed by atoms with Crippen molar-refractivity contribution >= 4 is 23.3 Å². The maximum atomic E-state index is 12.5. The minimum atomic E-state index is -0.464. The SMILES string of the molecule is COc1ccc(CCNC(=O)c2nnn(CC(=O)Nc3cccc(C)c3C)c2N)cc1OC. The molecule has 33 heavy (non-hydrogen) atoms. The standard InChI is InChI=1S/C23H28N6O4/c1-14-6-5-7-17(15(14)2)26-20(30)13-29-22(24)21(27-28-29)23(31)25-11-10-16-8-9-18(32-3)19(12-16)33-4/h5-9,12H,10-11,13,24H2,1-4H3,(H,25,31)(H,26,30). The number of nitrogens with two attached hydrogens (primary N) is 1. The maximum absolute atomic E-state index is 12.5. The summed E-state index contributed by atoms with van der Waals surface area (Å²) in [4.78, 5) is 24.9. The van der Waals surface area contributed by atoms with Crippen molar-refractivity contribution in [3.05, 3.63) is 58.8 Å². The highest BCUT2D eigenvalue weighted by Gasteiger charge is 2.19. The van der Waals surface area contributed by atoms with E-state index in [2.05, 4.69) is 20.9 Å². The van der Waals surface area contributed by atoms with Gasteiger partial charge >= 0.3 is 0 Å². The molecule has 10 nitrogen and oxygen atoms in total. The third-order valence-corrected chi connectivity index (χ3v) is 5.31. The lowest BCUT2D eigenvalue weighted by atomic mass is 10.1. The molecule has 0 aliphatic heterocycles. The number of nitrogens with zero attached hydrogens (tertiary/aromatic N) is 3. The molecule has 0 aliphatic rings. The molecule has 0 unspecified atom stereocenters. The number of methoxy groups -OCH3 is 2. The van der Waals surface area contributed by atoms with Crippen LogP contribution in [0.2, 0.25) is 0 Å². The minimum absolute atomic E-state index is 0.0229. The summed E-state index contributed by atoms with van der Waals surface area (Å²) in [7, 11) is 3.14. The molecule has 0 spiro atoms. The van der Waals surface area contributed by atoms with Gasteiger partial charge in [0.05, 0.1) is 14.2 Å². The molecule has 3 rings (SSSR count). The van der Waals surface area contributed by atoms with Gasteiger partial charge in [0.15, 0.2) is 23.0 Å². The van der Waals surface area contributed by atoms with Crippen molar-refractivity contribution in [2.75, 3.05) is 31.8 Å². The molecule has 0 bridgehead atoms. The number of carbonyl (C=O) groups excluding carboxylic acids is 2. The Bertz CT molecular complexity index is 1160. The van der Waals surface area contributed by atoms with E-state index in [4.69, 9.17) is 15.2 Å². The molecule has 0 fully saturated rings. The topological polar surface area (TPSA) is 133 Å². The van der Waals surface area contributed by atoms with E-state index in [1.807, 2.05) is 50.2 Å². The molecule has 1 heterocycles.